The number of nitrogens with one attached hydrogen (secondary N) is 1. The first kappa shape index (κ1) is 14.3. The van der Waals surface area contributed by atoms with Gasteiger partial charge in [-0.05, 0) is 6.92 Å². The maximum Gasteiger partial charge on any atom is 0.320 e. The highest BCUT2D eigenvalue weighted by molar-refractivity contribution is 5.72. The summed E-state index contributed by atoms with van der Waals surface area (Å²) < 4.78 is 4.83. The SMILES string of the molecule is C[C@H](NC[C@@]1(O)OC[C@H](O)C(O)C1O)C(=O)O. The molecule has 0 bridgehead atoms. The fraction of sp³-hybridized carbons (Fsp3) is 0.889. The number of carboxylic acid groups (broad SMARTS) is 1. The Morgan fingerprint density at radius 1 is 1.53 bits per heavy atom. The molecule has 0 radical (unpaired) electrons. The summed E-state index contributed by atoms with van der Waals surface area (Å²) in [5.41, 5.74) is 0. The maximum atomic E-state index is 10.5. The standard InChI is InChI=1S/C9H17NO7/c1-4(8(14)15)10-3-9(16)7(13)6(12)5(11)2-17-9/h4-7,10-13,16H,2-3H2,1H3,(H,14,15)/t4-,5-,6?,7?,9+/m0/s1. The number of carboxylic acids is 1. The first-order chi connectivity index (χ1) is 7.78. The van der Waals surface area contributed by atoms with E-state index in [1.807, 2.05) is 0 Å². The Labute approximate surface area is 97.4 Å². The van der Waals surface area contributed by atoms with E-state index >= 15 is 0 Å². The summed E-state index contributed by atoms with van der Waals surface area (Å²) in [4.78, 5) is 10.5. The van der Waals surface area contributed by atoms with Crippen LogP contribution in [0, 0.1) is 0 Å². The van der Waals surface area contributed by atoms with E-state index in [9.17, 15) is 25.2 Å². The summed E-state index contributed by atoms with van der Waals surface area (Å²) in [6.07, 6.45) is -4.56. The van der Waals surface area contributed by atoms with Gasteiger partial charge < -0.3 is 30.3 Å². The van der Waals surface area contributed by atoms with Crippen LogP contribution in [0.3, 0.4) is 0 Å². The smallest absolute Gasteiger partial charge is 0.320 e. The largest absolute Gasteiger partial charge is 0.480 e. The van der Waals surface area contributed by atoms with Gasteiger partial charge >= 0.3 is 5.97 Å². The summed E-state index contributed by atoms with van der Waals surface area (Å²) in [6, 6.07) is -0.946. The highest BCUT2D eigenvalue weighted by atomic mass is 16.6. The van der Waals surface area contributed by atoms with Gasteiger partial charge in [0.25, 0.3) is 0 Å². The van der Waals surface area contributed by atoms with Crippen molar-refractivity contribution >= 4 is 5.97 Å². The Kier molecular flexibility index (Phi) is 4.42. The van der Waals surface area contributed by atoms with Gasteiger partial charge in [-0.25, -0.2) is 0 Å². The molecule has 8 nitrogen and oxygen atoms in total. The molecule has 0 amide bonds. The average Bonchev–Trinajstić information content (AvgIpc) is 2.29. The molecule has 1 heterocycles. The predicted octanol–water partition coefficient (Wildman–Crippen LogP) is -3.15. The number of aliphatic carboxylic acids is 1. The second-order valence-corrected chi connectivity index (χ2v) is 4.10. The van der Waals surface area contributed by atoms with Crippen LogP contribution in [0.2, 0.25) is 0 Å². The zero-order chi connectivity index (χ0) is 13.2. The number of ether oxygens (including phenoxy) is 1. The molecular weight excluding hydrogens is 234 g/mol. The highest BCUT2D eigenvalue weighted by Crippen LogP contribution is 2.23. The van der Waals surface area contributed by atoms with E-state index in [1.54, 1.807) is 0 Å². The van der Waals surface area contributed by atoms with Crippen LogP contribution in [0.5, 0.6) is 0 Å². The number of hydrogen-bond donors (Lipinski definition) is 6. The molecule has 8 heteroatoms. The normalized spacial score (nSPS) is 39.9. The lowest BCUT2D eigenvalue weighted by molar-refractivity contribution is -0.318. The van der Waals surface area contributed by atoms with E-state index in [0.29, 0.717) is 0 Å². The maximum absolute atomic E-state index is 10.5. The van der Waals surface area contributed by atoms with Crippen LogP contribution >= 0.6 is 0 Å². The second kappa shape index (κ2) is 5.25. The van der Waals surface area contributed by atoms with E-state index in [4.69, 9.17) is 9.84 Å². The van der Waals surface area contributed by atoms with Crippen molar-refractivity contribution in [3.63, 3.8) is 0 Å². The van der Waals surface area contributed by atoms with Gasteiger partial charge in [0.2, 0.25) is 5.79 Å². The molecule has 1 saturated heterocycles. The van der Waals surface area contributed by atoms with Crippen molar-refractivity contribution in [3.8, 4) is 0 Å². The molecule has 2 unspecified atom stereocenters. The van der Waals surface area contributed by atoms with Crippen molar-refractivity contribution in [1.82, 2.24) is 5.32 Å². The number of rotatable bonds is 4. The Balaban J connectivity index is 2.59. The van der Waals surface area contributed by atoms with Crippen LogP contribution in [-0.2, 0) is 9.53 Å². The van der Waals surface area contributed by atoms with Crippen molar-refractivity contribution in [2.75, 3.05) is 13.2 Å². The lowest BCUT2D eigenvalue weighted by atomic mass is 9.96. The Morgan fingerprint density at radius 2 is 2.12 bits per heavy atom. The lowest BCUT2D eigenvalue weighted by Gasteiger charge is -2.41. The van der Waals surface area contributed by atoms with Gasteiger partial charge in [-0.3, -0.25) is 10.1 Å². The fourth-order valence-corrected chi connectivity index (χ4v) is 1.43. The van der Waals surface area contributed by atoms with Crippen LogP contribution in [0.25, 0.3) is 0 Å². The molecule has 0 aromatic carbocycles. The number of aliphatic hydroxyl groups excluding tert-OH is 3. The minimum absolute atomic E-state index is 0.349. The lowest BCUT2D eigenvalue weighted by Crippen LogP contribution is -2.65. The van der Waals surface area contributed by atoms with Gasteiger partial charge in [-0.15, -0.1) is 0 Å². The summed E-state index contributed by atoms with van der Waals surface area (Å²) in [5, 5.41) is 49.0. The average molecular weight is 251 g/mol. The molecule has 1 rings (SSSR count). The molecule has 1 aliphatic heterocycles. The molecule has 6 N–H and O–H groups in total. The van der Waals surface area contributed by atoms with Crippen LogP contribution in [-0.4, -0.2) is 74.8 Å². The molecule has 17 heavy (non-hydrogen) atoms. The molecule has 0 aromatic rings. The monoisotopic (exact) mass is 251 g/mol. The van der Waals surface area contributed by atoms with Gasteiger partial charge in [0.1, 0.15) is 24.4 Å². The molecular formula is C9H17NO7. The third-order valence-corrected chi connectivity index (χ3v) is 2.72. The quantitative estimate of drug-likeness (QED) is 0.308. The van der Waals surface area contributed by atoms with Crippen molar-refractivity contribution in [2.45, 2.75) is 37.1 Å². The minimum atomic E-state index is -2.12. The van der Waals surface area contributed by atoms with Gasteiger partial charge in [0.15, 0.2) is 0 Å². The van der Waals surface area contributed by atoms with E-state index in [1.165, 1.54) is 6.92 Å². The third-order valence-electron chi connectivity index (χ3n) is 2.72. The molecule has 1 fully saturated rings. The van der Waals surface area contributed by atoms with Crippen molar-refractivity contribution in [3.05, 3.63) is 0 Å². The first-order valence-electron chi connectivity index (χ1n) is 5.14. The molecule has 5 atom stereocenters. The van der Waals surface area contributed by atoms with E-state index in [0.717, 1.165) is 0 Å². The second-order valence-electron chi connectivity index (χ2n) is 4.10. The predicted molar refractivity (Wildman–Crippen MR) is 54.0 cm³/mol. The van der Waals surface area contributed by atoms with Crippen molar-refractivity contribution in [1.29, 1.82) is 0 Å². The Hall–Kier alpha value is -0.770. The molecule has 0 saturated carbocycles. The molecule has 100 valence electrons. The Morgan fingerprint density at radius 3 is 2.65 bits per heavy atom. The highest BCUT2D eigenvalue weighted by Gasteiger charge is 2.48. The van der Waals surface area contributed by atoms with Crippen LogP contribution < -0.4 is 5.32 Å². The van der Waals surface area contributed by atoms with Gasteiger partial charge in [0, 0.05) is 0 Å². The van der Waals surface area contributed by atoms with Crippen LogP contribution in [0.15, 0.2) is 0 Å². The number of hydrogen-bond acceptors (Lipinski definition) is 7. The van der Waals surface area contributed by atoms with Crippen molar-refractivity contribution in [2.24, 2.45) is 0 Å². The van der Waals surface area contributed by atoms with Gasteiger partial charge in [-0.1, -0.05) is 0 Å². The van der Waals surface area contributed by atoms with E-state index < -0.39 is 36.1 Å². The van der Waals surface area contributed by atoms with Crippen LogP contribution in [0.4, 0.5) is 0 Å². The van der Waals surface area contributed by atoms with E-state index in [-0.39, 0.29) is 13.2 Å². The number of aliphatic hydroxyl groups is 4. The fourth-order valence-electron chi connectivity index (χ4n) is 1.43. The molecule has 1 aliphatic rings. The van der Waals surface area contributed by atoms with Gasteiger partial charge in [0.05, 0.1) is 13.2 Å². The van der Waals surface area contributed by atoms with E-state index in [2.05, 4.69) is 5.32 Å². The summed E-state index contributed by atoms with van der Waals surface area (Å²) in [6.45, 7) is 0.620. The number of carbonyl (C=O) groups is 1. The summed E-state index contributed by atoms with van der Waals surface area (Å²) >= 11 is 0. The van der Waals surface area contributed by atoms with Crippen molar-refractivity contribution < 1.29 is 35.1 Å². The van der Waals surface area contributed by atoms with Crippen LogP contribution in [0.1, 0.15) is 6.92 Å². The molecule has 0 spiro atoms. The first-order valence-corrected chi connectivity index (χ1v) is 5.14. The summed E-state index contributed by atoms with van der Waals surface area (Å²) in [7, 11) is 0. The third kappa shape index (κ3) is 3.12. The zero-order valence-electron chi connectivity index (χ0n) is 9.28. The molecule has 0 aliphatic carbocycles. The topological polar surface area (TPSA) is 139 Å². The van der Waals surface area contributed by atoms with Gasteiger partial charge in [-0.2, -0.15) is 0 Å². The zero-order valence-corrected chi connectivity index (χ0v) is 9.28. The summed E-state index contributed by atoms with van der Waals surface area (Å²) in [5.74, 6) is -3.25. The Bertz CT molecular complexity index is 287. The minimum Gasteiger partial charge on any atom is -0.480 e. The molecule has 0 aromatic heterocycles.